The lowest BCUT2D eigenvalue weighted by molar-refractivity contribution is -0.137. The van der Waals surface area contributed by atoms with Gasteiger partial charge in [-0.1, -0.05) is 0 Å². The van der Waals surface area contributed by atoms with Crippen LogP contribution in [0.25, 0.3) is 5.65 Å². The molecule has 1 fully saturated rings. The minimum atomic E-state index is -4.41. The number of fused-ring (bicyclic) bond motifs is 1. The Hall–Kier alpha value is -3.70. The van der Waals surface area contributed by atoms with Crippen molar-refractivity contribution in [2.45, 2.75) is 12.7 Å². The molecule has 0 spiro atoms. The monoisotopic (exact) mass is 391 g/mol. The number of alkyl halides is 3. The number of carbonyl (C=O) groups excluding carboxylic acids is 2. The summed E-state index contributed by atoms with van der Waals surface area (Å²) >= 11 is 0. The summed E-state index contributed by atoms with van der Waals surface area (Å²) in [4.78, 5) is 32.7. The van der Waals surface area contributed by atoms with E-state index in [2.05, 4.69) is 25.7 Å². The van der Waals surface area contributed by atoms with E-state index in [4.69, 9.17) is 0 Å². The zero-order valence-electron chi connectivity index (χ0n) is 14.1. The van der Waals surface area contributed by atoms with Gasteiger partial charge in [-0.15, -0.1) is 5.10 Å². The van der Waals surface area contributed by atoms with E-state index in [9.17, 15) is 22.8 Å². The Kier molecular flexibility index (Phi) is 4.09. The van der Waals surface area contributed by atoms with Gasteiger partial charge in [0.1, 0.15) is 6.54 Å². The molecule has 0 bridgehead atoms. The normalized spacial score (nSPS) is 14.6. The minimum absolute atomic E-state index is 0.0397. The van der Waals surface area contributed by atoms with E-state index in [-0.39, 0.29) is 19.0 Å². The summed E-state index contributed by atoms with van der Waals surface area (Å²) in [5.41, 5.74) is 0.0409. The van der Waals surface area contributed by atoms with Crippen molar-refractivity contribution in [2.75, 3.05) is 11.9 Å². The second-order valence-corrected chi connectivity index (χ2v) is 5.98. The molecular formula is C16H12F3N7O2. The van der Waals surface area contributed by atoms with Crippen molar-refractivity contribution in [1.29, 1.82) is 0 Å². The molecule has 0 unspecified atom stereocenters. The molecule has 0 saturated carbocycles. The van der Waals surface area contributed by atoms with E-state index >= 15 is 0 Å². The topological polar surface area (TPSA) is 105 Å². The number of nitrogens with one attached hydrogen (secondary N) is 2. The number of aromatic nitrogens is 4. The Bertz CT molecular complexity index is 1060. The number of rotatable bonds is 4. The molecule has 9 nitrogen and oxygen atoms in total. The summed E-state index contributed by atoms with van der Waals surface area (Å²) in [6.45, 7) is -0.0414. The van der Waals surface area contributed by atoms with Crippen LogP contribution in [0.4, 0.5) is 29.6 Å². The number of halogens is 3. The zero-order chi connectivity index (χ0) is 19.9. The number of hydrogen-bond donors (Lipinski definition) is 2. The number of carbonyl (C=O) groups is 2. The lowest BCUT2D eigenvalue weighted by Crippen LogP contribution is -2.29. The second-order valence-electron chi connectivity index (χ2n) is 5.98. The average Bonchev–Trinajstić information content (AvgIpc) is 3.17. The third-order valence-corrected chi connectivity index (χ3v) is 3.99. The van der Waals surface area contributed by atoms with E-state index in [0.29, 0.717) is 17.2 Å². The van der Waals surface area contributed by atoms with E-state index in [1.807, 2.05) is 0 Å². The van der Waals surface area contributed by atoms with Gasteiger partial charge in [-0.2, -0.15) is 22.7 Å². The molecule has 2 aromatic heterocycles. The van der Waals surface area contributed by atoms with Crippen LogP contribution in [-0.2, 0) is 17.5 Å². The molecule has 3 amide bonds. The fourth-order valence-corrected chi connectivity index (χ4v) is 2.68. The quantitative estimate of drug-likeness (QED) is 0.659. The maximum Gasteiger partial charge on any atom is 0.416 e. The van der Waals surface area contributed by atoms with Gasteiger partial charge in [0.25, 0.3) is 0 Å². The number of anilines is 2. The summed E-state index contributed by atoms with van der Waals surface area (Å²) < 4.78 is 39.3. The molecule has 1 aromatic carbocycles. The number of urea groups is 1. The van der Waals surface area contributed by atoms with Crippen molar-refractivity contribution in [1.82, 2.24) is 29.8 Å². The van der Waals surface area contributed by atoms with E-state index in [0.717, 1.165) is 12.1 Å². The molecule has 4 rings (SSSR count). The van der Waals surface area contributed by atoms with Gasteiger partial charge >= 0.3 is 12.2 Å². The number of hydrogen-bond acceptors (Lipinski definition) is 6. The summed E-state index contributed by atoms with van der Waals surface area (Å²) in [6.07, 6.45) is -2.93. The number of imide groups is 1. The van der Waals surface area contributed by atoms with Crippen molar-refractivity contribution >= 4 is 29.2 Å². The molecular weight excluding hydrogens is 379 g/mol. The molecule has 0 atom stereocenters. The van der Waals surface area contributed by atoms with Crippen LogP contribution in [0.15, 0.2) is 36.5 Å². The highest BCUT2D eigenvalue weighted by Crippen LogP contribution is 2.30. The summed E-state index contributed by atoms with van der Waals surface area (Å²) in [5.74, 6) is 0.117. The van der Waals surface area contributed by atoms with Gasteiger partial charge in [0, 0.05) is 18.0 Å². The maximum atomic E-state index is 12.6. The molecule has 28 heavy (non-hydrogen) atoms. The third-order valence-electron chi connectivity index (χ3n) is 3.99. The molecule has 12 heteroatoms. The van der Waals surface area contributed by atoms with Crippen LogP contribution in [0.2, 0.25) is 0 Å². The van der Waals surface area contributed by atoms with Crippen LogP contribution >= 0.6 is 0 Å². The molecule has 1 aliphatic rings. The largest absolute Gasteiger partial charge is 0.416 e. The Morgan fingerprint density at radius 2 is 1.89 bits per heavy atom. The van der Waals surface area contributed by atoms with Crippen molar-refractivity contribution in [3.8, 4) is 0 Å². The Balaban J connectivity index is 1.56. The maximum absolute atomic E-state index is 12.6. The fraction of sp³-hybridized carbons (Fsp3) is 0.188. The Morgan fingerprint density at radius 1 is 1.14 bits per heavy atom. The summed E-state index contributed by atoms with van der Waals surface area (Å²) in [6, 6.07) is 5.51. The number of benzene rings is 1. The first-order valence-electron chi connectivity index (χ1n) is 8.03. The molecule has 144 valence electrons. The van der Waals surface area contributed by atoms with Gasteiger partial charge in [0.2, 0.25) is 11.9 Å². The SMILES string of the molecule is O=C1CN(Cc2nccc3nc(Nc4ccc(C(F)(F)F)cc4)nn23)C(=O)N1. The third kappa shape index (κ3) is 3.43. The fourth-order valence-electron chi connectivity index (χ4n) is 2.68. The highest BCUT2D eigenvalue weighted by Gasteiger charge is 2.30. The molecule has 3 aromatic rings. The van der Waals surface area contributed by atoms with Gasteiger partial charge < -0.3 is 10.2 Å². The Morgan fingerprint density at radius 3 is 2.54 bits per heavy atom. The van der Waals surface area contributed by atoms with Crippen molar-refractivity contribution < 1.29 is 22.8 Å². The minimum Gasteiger partial charge on any atom is -0.323 e. The van der Waals surface area contributed by atoms with Gasteiger partial charge in [-0.3, -0.25) is 10.1 Å². The van der Waals surface area contributed by atoms with Crippen LogP contribution in [-0.4, -0.2) is 43.0 Å². The van der Waals surface area contributed by atoms with Crippen LogP contribution < -0.4 is 10.6 Å². The smallest absolute Gasteiger partial charge is 0.323 e. The van der Waals surface area contributed by atoms with Crippen molar-refractivity contribution in [3.05, 3.63) is 47.9 Å². The molecule has 1 aliphatic heterocycles. The van der Waals surface area contributed by atoms with Gasteiger partial charge in [-0.25, -0.2) is 9.78 Å². The predicted molar refractivity (Wildman–Crippen MR) is 89.5 cm³/mol. The molecule has 0 aliphatic carbocycles. The summed E-state index contributed by atoms with van der Waals surface area (Å²) in [5, 5.41) is 9.23. The van der Waals surface area contributed by atoms with Crippen molar-refractivity contribution in [2.24, 2.45) is 0 Å². The van der Waals surface area contributed by atoms with Crippen LogP contribution in [0.1, 0.15) is 11.4 Å². The number of nitrogens with zero attached hydrogens (tertiary/aromatic N) is 5. The lowest BCUT2D eigenvalue weighted by atomic mass is 10.2. The van der Waals surface area contributed by atoms with Gasteiger partial charge in [0.05, 0.1) is 12.1 Å². The van der Waals surface area contributed by atoms with E-state index in [1.165, 1.54) is 27.7 Å². The number of amides is 3. The van der Waals surface area contributed by atoms with Crippen molar-refractivity contribution in [3.63, 3.8) is 0 Å². The summed E-state index contributed by atoms with van der Waals surface area (Å²) in [7, 11) is 0. The molecule has 0 radical (unpaired) electrons. The van der Waals surface area contributed by atoms with Gasteiger partial charge in [-0.05, 0) is 24.3 Å². The van der Waals surface area contributed by atoms with Crippen LogP contribution in [0.5, 0.6) is 0 Å². The molecule has 3 heterocycles. The standard InChI is InChI=1S/C16H12F3N7O2/c17-16(18,19)9-1-3-10(4-2-9)21-14-22-11-5-6-20-12(26(11)24-14)7-25-8-13(27)23-15(25)28/h1-6H,7-8H2,(H,21,24)(H,23,27,28). The first-order valence-corrected chi connectivity index (χ1v) is 8.03. The van der Waals surface area contributed by atoms with E-state index in [1.54, 1.807) is 6.07 Å². The van der Waals surface area contributed by atoms with Crippen LogP contribution in [0.3, 0.4) is 0 Å². The molecule has 1 saturated heterocycles. The van der Waals surface area contributed by atoms with E-state index < -0.39 is 23.7 Å². The second kappa shape index (κ2) is 6.48. The Labute approximate surface area is 155 Å². The highest BCUT2D eigenvalue weighted by molar-refractivity contribution is 6.01. The average molecular weight is 391 g/mol. The zero-order valence-corrected chi connectivity index (χ0v) is 14.1. The van der Waals surface area contributed by atoms with Gasteiger partial charge in [0.15, 0.2) is 11.5 Å². The predicted octanol–water partition coefficient (Wildman–Crippen LogP) is 1.94. The highest BCUT2D eigenvalue weighted by atomic mass is 19.4. The first-order chi connectivity index (χ1) is 13.3. The van der Waals surface area contributed by atoms with Crippen LogP contribution in [0, 0.1) is 0 Å². The lowest BCUT2D eigenvalue weighted by Gasteiger charge is -2.12. The molecule has 2 N–H and O–H groups in total. The first kappa shape index (κ1) is 17.7.